The molecule has 0 saturated heterocycles. The molecule has 0 amide bonds. The Hall–Kier alpha value is -5.71. The second kappa shape index (κ2) is 19.7. The zero-order valence-corrected chi connectivity index (χ0v) is 45.4. The highest BCUT2D eigenvalue weighted by Gasteiger charge is 2.82. The van der Waals surface area contributed by atoms with Crippen molar-refractivity contribution < 1.29 is 83.3 Å². The number of aliphatic hydroxyl groups is 1. The number of allylic oxidation sites excluding steroid dienone is 8. The molecule has 4 fully saturated rings. The minimum Gasteiger partial charge on any atom is -0.481 e. The van der Waals surface area contributed by atoms with Gasteiger partial charge in [0.25, 0.3) is 0 Å². The number of carbonyl (C=O) groups excluding carboxylic acids is 4. The van der Waals surface area contributed by atoms with Crippen LogP contribution in [0.4, 0.5) is 0 Å². The Labute approximate surface area is 439 Å². The lowest BCUT2D eigenvalue weighted by molar-refractivity contribution is -0.209. The molecule has 0 aromatic heterocycles. The molecule has 6 N–H and O–H groups in total. The zero-order valence-electron chi connectivity index (χ0n) is 45.4. The van der Waals surface area contributed by atoms with Gasteiger partial charge in [0.15, 0.2) is 0 Å². The van der Waals surface area contributed by atoms with Gasteiger partial charge in [0.1, 0.15) is 0 Å². The third-order valence-electron chi connectivity index (χ3n) is 19.2. The van der Waals surface area contributed by atoms with Gasteiger partial charge in [0.2, 0.25) is 0 Å². The molecular formula is C58H78O17. The van der Waals surface area contributed by atoms with Gasteiger partial charge in [-0.1, -0.05) is 132 Å². The maximum atomic E-state index is 14.2. The van der Waals surface area contributed by atoms with E-state index in [-0.39, 0.29) is 24.4 Å². The third kappa shape index (κ3) is 8.56. The Balaban J connectivity index is 0.000000270. The summed E-state index contributed by atoms with van der Waals surface area (Å²) < 4.78 is 10.7. The fourth-order valence-corrected chi connectivity index (χ4v) is 17.0. The van der Waals surface area contributed by atoms with Crippen LogP contribution in [0.1, 0.15) is 128 Å². The predicted molar refractivity (Wildman–Crippen MR) is 270 cm³/mol. The molecule has 0 heterocycles. The van der Waals surface area contributed by atoms with E-state index in [1.54, 1.807) is 83.1 Å². The average molecular weight is 1050 g/mol. The van der Waals surface area contributed by atoms with E-state index < -0.39 is 138 Å². The first-order valence-electron chi connectivity index (χ1n) is 26.2. The minimum atomic E-state index is -1.63. The van der Waals surface area contributed by atoms with Crippen LogP contribution < -0.4 is 0 Å². The van der Waals surface area contributed by atoms with Crippen LogP contribution >= 0.6 is 0 Å². The van der Waals surface area contributed by atoms with Crippen LogP contribution in [0.2, 0.25) is 0 Å². The number of carboxylic acids is 5. The van der Waals surface area contributed by atoms with E-state index in [0.29, 0.717) is 50.2 Å². The van der Waals surface area contributed by atoms with E-state index in [1.807, 2.05) is 36.5 Å². The fraction of sp³-hybridized carbons (Fsp3) is 0.672. The number of hydrogen-bond donors (Lipinski definition) is 6. The summed E-state index contributed by atoms with van der Waals surface area (Å²) in [5.74, 6) is -12.3. The quantitative estimate of drug-likeness (QED) is 0.0462. The van der Waals surface area contributed by atoms with E-state index in [2.05, 4.69) is 12.2 Å². The Morgan fingerprint density at radius 3 is 1.08 bits per heavy atom. The summed E-state index contributed by atoms with van der Waals surface area (Å²) in [7, 11) is 0. The van der Waals surface area contributed by atoms with E-state index in [9.17, 15) is 58.5 Å². The van der Waals surface area contributed by atoms with Crippen LogP contribution in [0.25, 0.3) is 0 Å². The normalized spacial score (nSPS) is 37.2. The Kier molecular flexibility index (Phi) is 15.4. The molecule has 17 nitrogen and oxygen atoms in total. The molecule has 8 aliphatic carbocycles. The molecule has 8 rings (SSSR count). The number of aliphatic carboxylic acids is 5. The van der Waals surface area contributed by atoms with E-state index in [0.717, 1.165) is 12.8 Å². The maximum absolute atomic E-state index is 14.2. The molecule has 0 aromatic carbocycles. The molecule has 0 aromatic rings. The lowest BCUT2D eigenvalue weighted by atomic mass is 9.41. The molecule has 0 radical (unpaired) electrons. The highest BCUT2D eigenvalue weighted by Crippen LogP contribution is 2.77. The standard InChI is InChI=1S/C38H52O10.C11H16O3.C9H10O4/c1-31(2,3)35(27(41)42)21-13-15-23(19-21)37(35,33(7,8)9)29(45)47-25(39)17-18-26(40)48-30(46)38(34(10,11)12)24-16-14-22(20-24)36(38,28(43)44)32(4,5)6;12-5-1-4-11(10(13)14)7-8-2-3-9(11)6-8;10-8(11)6-4-1-2-5(3-4)7(6)9(12)13/h13-18,21-24H,19-20H2,1-12H3,(H,41,42)(H,43,44);2-3,8-9,12H,1,4-7H2,(H,13,14);1-2,4-7H,3H2,(H,10,11)(H,12,13)/b18-17-;;. The highest BCUT2D eigenvalue weighted by molar-refractivity contribution is 6.03. The van der Waals surface area contributed by atoms with Crippen LogP contribution in [0.5, 0.6) is 0 Å². The van der Waals surface area contributed by atoms with Crippen molar-refractivity contribution in [3.8, 4) is 0 Å². The van der Waals surface area contributed by atoms with Crippen molar-refractivity contribution in [2.45, 2.75) is 128 Å². The summed E-state index contributed by atoms with van der Waals surface area (Å²) >= 11 is 0. The lowest BCUT2D eigenvalue weighted by Gasteiger charge is -2.58. The molecule has 0 spiro atoms. The molecule has 412 valence electrons. The SMILES string of the molecule is CC(C)(C)C1(C(=O)O)C2C=CC(C2)C1(C(=O)OC(=O)/C=C\C(=O)OC(=O)C1(C(C)(C)C)C2C=CC(C2)C1(C(=O)O)C(C)(C)C)C(C)(C)C.O=C(O)C1(CCCO)CC2C=CC1C2.O=C(O)C1C2C=CC(C2)C1C(=O)O. The monoisotopic (exact) mass is 1050 g/mol. The van der Waals surface area contributed by atoms with Gasteiger partial charge >= 0.3 is 53.7 Å². The summed E-state index contributed by atoms with van der Waals surface area (Å²) in [5, 5.41) is 57.4. The summed E-state index contributed by atoms with van der Waals surface area (Å²) in [6, 6.07) is 0. The Morgan fingerprint density at radius 2 is 0.813 bits per heavy atom. The highest BCUT2D eigenvalue weighted by atomic mass is 16.6. The number of carboxylic acid groups (broad SMARTS) is 5. The molecule has 17 heteroatoms. The van der Waals surface area contributed by atoms with Gasteiger partial charge in [0.05, 0.1) is 38.9 Å². The molecule has 15 unspecified atom stereocenters. The second-order valence-electron chi connectivity index (χ2n) is 26.4. The van der Waals surface area contributed by atoms with Crippen LogP contribution in [-0.4, -0.2) is 91.0 Å². The van der Waals surface area contributed by atoms with Crippen molar-refractivity contribution in [3.63, 3.8) is 0 Å². The summed E-state index contributed by atoms with van der Waals surface area (Å²) in [6.07, 6.45) is 21.0. The van der Waals surface area contributed by atoms with Gasteiger partial charge in [0, 0.05) is 18.8 Å². The van der Waals surface area contributed by atoms with E-state index in [4.69, 9.17) is 24.8 Å². The smallest absolute Gasteiger partial charge is 0.338 e. The number of hydrogen-bond acceptors (Lipinski definition) is 12. The second-order valence-corrected chi connectivity index (χ2v) is 26.4. The van der Waals surface area contributed by atoms with Gasteiger partial charge in [-0.25, -0.2) is 9.59 Å². The van der Waals surface area contributed by atoms with Crippen molar-refractivity contribution >= 4 is 53.7 Å². The largest absolute Gasteiger partial charge is 0.481 e. The van der Waals surface area contributed by atoms with Crippen molar-refractivity contribution in [1.29, 1.82) is 0 Å². The van der Waals surface area contributed by atoms with Crippen LogP contribution in [0.15, 0.2) is 60.8 Å². The van der Waals surface area contributed by atoms with Crippen molar-refractivity contribution in [2.75, 3.05) is 6.61 Å². The van der Waals surface area contributed by atoms with Gasteiger partial charge in [-0.3, -0.25) is 33.6 Å². The topological polar surface area (TPSA) is 293 Å². The summed E-state index contributed by atoms with van der Waals surface area (Å²) in [6.45, 7) is 21.3. The van der Waals surface area contributed by atoms with E-state index in [1.165, 1.54) is 0 Å². The molecule has 15 atom stereocenters. The van der Waals surface area contributed by atoms with Gasteiger partial charge in [-0.2, -0.15) is 0 Å². The Bertz CT molecular complexity index is 2390. The number of rotatable bonds is 12. The number of esters is 4. The predicted octanol–water partition coefficient (Wildman–Crippen LogP) is 8.41. The van der Waals surface area contributed by atoms with Crippen LogP contribution in [0.3, 0.4) is 0 Å². The summed E-state index contributed by atoms with van der Waals surface area (Å²) in [4.78, 5) is 114. The molecular weight excluding hydrogens is 969 g/mol. The first kappa shape index (κ1) is 58.5. The molecule has 75 heavy (non-hydrogen) atoms. The first-order chi connectivity index (χ1) is 34.4. The van der Waals surface area contributed by atoms with Gasteiger partial charge in [-0.15, -0.1) is 0 Å². The molecule has 0 aliphatic heterocycles. The van der Waals surface area contributed by atoms with Gasteiger partial charge < -0.3 is 40.1 Å². The van der Waals surface area contributed by atoms with Crippen LogP contribution in [-0.2, 0) is 52.6 Å². The number of carbonyl (C=O) groups is 9. The minimum absolute atomic E-state index is 0.0661. The number of aliphatic hydroxyl groups excluding tert-OH is 1. The number of fused-ring (bicyclic) bond motifs is 8. The van der Waals surface area contributed by atoms with Crippen molar-refractivity contribution in [3.05, 3.63) is 60.8 Å². The van der Waals surface area contributed by atoms with Crippen molar-refractivity contribution in [1.82, 2.24) is 0 Å². The van der Waals surface area contributed by atoms with Crippen LogP contribution in [0, 0.1) is 108 Å². The molecule has 8 aliphatic rings. The van der Waals surface area contributed by atoms with Gasteiger partial charge in [-0.05, 0) is 114 Å². The molecule has 8 bridgehead atoms. The number of ether oxygens (including phenoxy) is 2. The zero-order chi connectivity index (χ0) is 56.6. The fourth-order valence-electron chi connectivity index (χ4n) is 17.0. The third-order valence-corrected chi connectivity index (χ3v) is 19.2. The average Bonchev–Trinajstić information content (AvgIpc) is 4.15. The molecule has 4 saturated carbocycles. The maximum Gasteiger partial charge on any atom is 0.338 e. The van der Waals surface area contributed by atoms with E-state index >= 15 is 0 Å². The lowest BCUT2D eigenvalue weighted by Crippen LogP contribution is -2.66. The Morgan fingerprint density at radius 1 is 0.467 bits per heavy atom. The summed E-state index contributed by atoms with van der Waals surface area (Å²) in [5.41, 5.74) is -10.8. The van der Waals surface area contributed by atoms with Crippen molar-refractivity contribution in [2.24, 2.45) is 108 Å². The first-order valence-corrected chi connectivity index (χ1v) is 26.2.